The van der Waals surface area contributed by atoms with Crippen molar-refractivity contribution in [3.8, 4) is 0 Å². The third-order valence-electron chi connectivity index (χ3n) is 2.58. The molecule has 1 aromatic rings. The lowest BCUT2D eigenvalue weighted by Gasteiger charge is -2.24. The molecule has 0 amide bonds. The highest BCUT2D eigenvalue weighted by Gasteiger charge is 2.19. The maximum Gasteiger partial charge on any atom is 0.0962 e. The molecule has 96 valence electrons. The van der Waals surface area contributed by atoms with Crippen molar-refractivity contribution in [1.82, 2.24) is 0 Å². The number of aliphatic hydroxyl groups is 1. The molecule has 5 heteroatoms. The van der Waals surface area contributed by atoms with Crippen molar-refractivity contribution in [2.45, 2.75) is 32.2 Å². The Morgan fingerprint density at radius 1 is 1.47 bits per heavy atom. The molecular formula is C12H17BrClNO2. The molecule has 0 fully saturated rings. The standard InChI is InChI=1S/C12H17BrClNO2/c1-7(16)8(2)17-12(6-15)10-4-3-9(14)5-11(10)13/h3-5,7-8,12,16H,6,15H2,1-2H3. The van der Waals surface area contributed by atoms with Crippen molar-refractivity contribution in [1.29, 1.82) is 0 Å². The van der Waals surface area contributed by atoms with Gasteiger partial charge in [0.25, 0.3) is 0 Å². The second kappa shape index (κ2) is 6.71. The summed E-state index contributed by atoms with van der Waals surface area (Å²) in [6.45, 7) is 3.85. The Morgan fingerprint density at radius 3 is 2.59 bits per heavy atom. The maximum absolute atomic E-state index is 9.43. The monoisotopic (exact) mass is 321 g/mol. The van der Waals surface area contributed by atoms with Crippen LogP contribution in [0.4, 0.5) is 0 Å². The van der Waals surface area contributed by atoms with Crippen LogP contribution < -0.4 is 5.73 Å². The van der Waals surface area contributed by atoms with Crippen LogP contribution in [0.2, 0.25) is 5.02 Å². The van der Waals surface area contributed by atoms with Crippen LogP contribution in [0.25, 0.3) is 0 Å². The first-order valence-corrected chi connectivity index (χ1v) is 6.61. The summed E-state index contributed by atoms with van der Waals surface area (Å²) in [7, 11) is 0. The van der Waals surface area contributed by atoms with Crippen LogP contribution >= 0.6 is 27.5 Å². The molecule has 3 unspecified atom stereocenters. The lowest BCUT2D eigenvalue weighted by atomic mass is 10.1. The molecule has 0 radical (unpaired) electrons. The Kier molecular flexibility index (Phi) is 5.89. The molecule has 1 rings (SSSR count). The number of hydrogen-bond donors (Lipinski definition) is 2. The van der Waals surface area contributed by atoms with Gasteiger partial charge in [-0.15, -0.1) is 0 Å². The smallest absolute Gasteiger partial charge is 0.0962 e. The first kappa shape index (κ1) is 14.9. The van der Waals surface area contributed by atoms with Gasteiger partial charge in [-0.3, -0.25) is 0 Å². The van der Waals surface area contributed by atoms with Gasteiger partial charge in [0.15, 0.2) is 0 Å². The molecule has 0 bridgehead atoms. The Hall–Kier alpha value is -0.130. The minimum absolute atomic E-state index is 0.258. The number of hydrogen-bond acceptors (Lipinski definition) is 3. The van der Waals surface area contributed by atoms with E-state index < -0.39 is 6.10 Å². The van der Waals surface area contributed by atoms with Gasteiger partial charge in [0, 0.05) is 16.0 Å². The molecule has 0 saturated carbocycles. The highest BCUT2D eigenvalue weighted by atomic mass is 79.9. The molecule has 0 saturated heterocycles. The second-order valence-electron chi connectivity index (χ2n) is 3.97. The van der Waals surface area contributed by atoms with Crippen molar-refractivity contribution in [3.05, 3.63) is 33.3 Å². The van der Waals surface area contributed by atoms with Gasteiger partial charge < -0.3 is 15.6 Å². The van der Waals surface area contributed by atoms with Crippen molar-refractivity contribution >= 4 is 27.5 Å². The molecular weight excluding hydrogens is 305 g/mol. The first-order chi connectivity index (χ1) is 7.95. The van der Waals surface area contributed by atoms with E-state index in [0.29, 0.717) is 11.6 Å². The van der Waals surface area contributed by atoms with E-state index in [-0.39, 0.29) is 12.2 Å². The van der Waals surface area contributed by atoms with E-state index in [0.717, 1.165) is 10.0 Å². The summed E-state index contributed by atoms with van der Waals surface area (Å²) in [4.78, 5) is 0. The van der Waals surface area contributed by atoms with Crippen LogP contribution in [0.1, 0.15) is 25.5 Å². The Labute approximate surface area is 115 Å². The molecule has 0 aliphatic carbocycles. The first-order valence-electron chi connectivity index (χ1n) is 5.44. The Balaban J connectivity index is 2.86. The summed E-state index contributed by atoms with van der Waals surface area (Å²) in [5.41, 5.74) is 6.63. The molecule has 3 atom stereocenters. The maximum atomic E-state index is 9.43. The van der Waals surface area contributed by atoms with E-state index in [1.165, 1.54) is 0 Å². The van der Waals surface area contributed by atoms with Gasteiger partial charge in [-0.1, -0.05) is 33.6 Å². The molecule has 0 aromatic heterocycles. The van der Waals surface area contributed by atoms with Gasteiger partial charge in [-0.2, -0.15) is 0 Å². The molecule has 17 heavy (non-hydrogen) atoms. The zero-order valence-electron chi connectivity index (χ0n) is 9.86. The summed E-state index contributed by atoms with van der Waals surface area (Å²) in [6, 6.07) is 5.47. The van der Waals surface area contributed by atoms with Crippen molar-refractivity contribution < 1.29 is 9.84 Å². The van der Waals surface area contributed by atoms with Crippen LogP contribution in [0.5, 0.6) is 0 Å². The van der Waals surface area contributed by atoms with Gasteiger partial charge >= 0.3 is 0 Å². The minimum atomic E-state index is -0.532. The summed E-state index contributed by atoms with van der Waals surface area (Å²) >= 11 is 9.31. The Bertz CT molecular complexity index is 374. The molecule has 1 aromatic carbocycles. The fourth-order valence-electron chi connectivity index (χ4n) is 1.39. The number of nitrogens with two attached hydrogens (primary N) is 1. The summed E-state index contributed by atoms with van der Waals surface area (Å²) < 4.78 is 6.58. The van der Waals surface area contributed by atoms with Crippen molar-refractivity contribution in [2.24, 2.45) is 5.73 Å². The Morgan fingerprint density at radius 2 is 2.12 bits per heavy atom. The average molecular weight is 323 g/mol. The quantitative estimate of drug-likeness (QED) is 0.876. The van der Waals surface area contributed by atoms with Crippen LogP contribution in [0.3, 0.4) is 0 Å². The molecule has 3 nitrogen and oxygen atoms in total. The molecule has 0 aliphatic heterocycles. The predicted octanol–water partition coefficient (Wildman–Crippen LogP) is 2.89. The van der Waals surface area contributed by atoms with Crippen LogP contribution in [0, 0.1) is 0 Å². The summed E-state index contributed by atoms with van der Waals surface area (Å²) in [5, 5.41) is 10.1. The van der Waals surface area contributed by atoms with Crippen LogP contribution in [-0.2, 0) is 4.74 Å². The van der Waals surface area contributed by atoms with E-state index in [1.807, 2.05) is 13.0 Å². The van der Waals surface area contributed by atoms with Gasteiger partial charge in [-0.25, -0.2) is 0 Å². The number of ether oxygens (including phenoxy) is 1. The summed E-state index contributed by atoms with van der Waals surface area (Å²) in [5.74, 6) is 0. The highest BCUT2D eigenvalue weighted by Crippen LogP contribution is 2.29. The number of benzene rings is 1. The van der Waals surface area contributed by atoms with Gasteiger partial charge in [0.2, 0.25) is 0 Å². The number of rotatable bonds is 5. The lowest BCUT2D eigenvalue weighted by molar-refractivity contribution is -0.0594. The minimum Gasteiger partial charge on any atom is -0.391 e. The van der Waals surface area contributed by atoms with Crippen molar-refractivity contribution in [2.75, 3.05) is 6.54 Å². The fraction of sp³-hybridized carbons (Fsp3) is 0.500. The van der Waals surface area contributed by atoms with Crippen LogP contribution in [0.15, 0.2) is 22.7 Å². The third kappa shape index (κ3) is 4.23. The zero-order valence-corrected chi connectivity index (χ0v) is 12.2. The van der Waals surface area contributed by atoms with Crippen LogP contribution in [-0.4, -0.2) is 23.9 Å². The third-order valence-corrected chi connectivity index (χ3v) is 3.50. The molecule has 3 N–H and O–H groups in total. The highest BCUT2D eigenvalue weighted by molar-refractivity contribution is 9.10. The van der Waals surface area contributed by atoms with E-state index in [1.54, 1.807) is 19.1 Å². The fourth-order valence-corrected chi connectivity index (χ4v) is 2.33. The van der Waals surface area contributed by atoms with E-state index in [2.05, 4.69) is 15.9 Å². The van der Waals surface area contributed by atoms with E-state index in [9.17, 15) is 5.11 Å². The molecule has 0 heterocycles. The average Bonchev–Trinajstić information content (AvgIpc) is 2.26. The lowest BCUT2D eigenvalue weighted by Crippen LogP contribution is -2.28. The topological polar surface area (TPSA) is 55.5 Å². The SMILES string of the molecule is CC(O)C(C)OC(CN)c1ccc(Cl)cc1Br. The number of aliphatic hydroxyl groups excluding tert-OH is 1. The van der Waals surface area contributed by atoms with Gasteiger partial charge in [-0.05, 0) is 31.5 Å². The number of halogens is 2. The van der Waals surface area contributed by atoms with Crippen molar-refractivity contribution in [3.63, 3.8) is 0 Å². The summed E-state index contributed by atoms with van der Waals surface area (Å²) in [6.07, 6.45) is -1.06. The zero-order chi connectivity index (χ0) is 13.0. The van der Waals surface area contributed by atoms with E-state index >= 15 is 0 Å². The molecule has 0 spiro atoms. The second-order valence-corrected chi connectivity index (χ2v) is 5.26. The normalized spacial score (nSPS) is 16.6. The van der Waals surface area contributed by atoms with E-state index in [4.69, 9.17) is 22.1 Å². The largest absolute Gasteiger partial charge is 0.391 e. The van der Waals surface area contributed by atoms with Gasteiger partial charge in [0.1, 0.15) is 0 Å². The van der Waals surface area contributed by atoms with Gasteiger partial charge in [0.05, 0.1) is 18.3 Å². The molecule has 0 aliphatic rings. The predicted molar refractivity (Wildman–Crippen MR) is 73.2 cm³/mol.